The minimum Gasteiger partial charge on any atom is -0.497 e. The van der Waals surface area contributed by atoms with E-state index in [1.807, 2.05) is 0 Å². The number of methoxy groups -OCH3 is 3. The Morgan fingerprint density at radius 3 is 2.07 bits per heavy atom. The predicted molar refractivity (Wildman–Crippen MR) is 155 cm³/mol. The number of para-hydroxylation sites is 2. The van der Waals surface area contributed by atoms with Crippen LogP contribution in [0.15, 0.2) is 76.5 Å². The summed E-state index contributed by atoms with van der Waals surface area (Å²) in [4.78, 5) is 13.3. The number of anilines is 2. The Morgan fingerprint density at radius 2 is 1.44 bits per heavy atom. The average molecular weight is 604 g/mol. The lowest BCUT2D eigenvalue weighted by molar-refractivity contribution is -0.114. The van der Waals surface area contributed by atoms with Crippen molar-refractivity contribution < 1.29 is 35.8 Å². The van der Waals surface area contributed by atoms with Gasteiger partial charge >= 0.3 is 0 Å². The fourth-order valence-electron chi connectivity index (χ4n) is 4.53. The first-order valence-corrected chi connectivity index (χ1v) is 15.8. The number of benzene rings is 3. The van der Waals surface area contributed by atoms with E-state index in [0.717, 1.165) is 23.6 Å². The molecule has 11 nitrogen and oxygen atoms in total. The van der Waals surface area contributed by atoms with Gasteiger partial charge in [0.1, 0.15) is 23.8 Å². The van der Waals surface area contributed by atoms with Crippen molar-refractivity contribution in [1.82, 2.24) is 4.31 Å². The summed E-state index contributed by atoms with van der Waals surface area (Å²) in [5.41, 5.74) is 0.242. The first kappa shape index (κ1) is 30.2. The van der Waals surface area contributed by atoms with E-state index >= 15 is 0 Å². The molecule has 4 rings (SSSR count). The Morgan fingerprint density at radius 1 is 0.805 bits per heavy atom. The summed E-state index contributed by atoms with van der Waals surface area (Å²) in [6.07, 6.45) is 2.53. The molecule has 0 unspecified atom stereocenters. The van der Waals surface area contributed by atoms with E-state index in [1.54, 1.807) is 18.2 Å². The molecule has 1 amide bonds. The van der Waals surface area contributed by atoms with Crippen LogP contribution in [-0.4, -0.2) is 68.0 Å². The Hall–Kier alpha value is -3.81. The van der Waals surface area contributed by atoms with Gasteiger partial charge in [-0.3, -0.25) is 9.10 Å². The molecule has 1 heterocycles. The van der Waals surface area contributed by atoms with Crippen LogP contribution in [0.2, 0.25) is 0 Å². The highest BCUT2D eigenvalue weighted by molar-refractivity contribution is 7.93. The van der Waals surface area contributed by atoms with Crippen molar-refractivity contribution in [3.8, 4) is 17.2 Å². The fourth-order valence-corrected chi connectivity index (χ4v) is 7.51. The zero-order valence-corrected chi connectivity index (χ0v) is 24.7. The molecule has 1 fully saturated rings. The maximum absolute atomic E-state index is 13.8. The number of hydrogen-bond acceptors (Lipinski definition) is 8. The molecule has 0 atom stereocenters. The van der Waals surface area contributed by atoms with Crippen molar-refractivity contribution in [1.29, 1.82) is 0 Å². The molecule has 13 heteroatoms. The Bertz CT molecular complexity index is 1590. The monoisotopic (exact) mass is 603 g/mol. The highest BCUT2D eigenvalue weighted by Crippen LogP contribution is 2.34. The van der Waals surface area contributed by atoms with Crippen molar-refractivity contribution in [2.24, 2.45) is 0 Å². The van der Waals surface area contributed by atoms with Gasteiger partial charge in [-0.15, -0.1) is 0 Å². The summed E-state index contributed by atoms with van der Waals surface area (Å²) >= 11 is 0. The number of sulfonamides is 2. The molecule has 1 aliphatic rings. The summed E-state index contributed by atoms with van der Waals surface area (Å²) in [5, 5.41) is 2.64. The van der Waals surface area contributed by atoms with Gasteiger partial charge in [-0.25, -0.2) is 16.8 Å². The molecule has 0 saturated carbocycles. The van der Waals surface area contributed by atoms with Crippen LogP contribution in [-0.2, 0) is 24.8 Å². The summed E-state index contributed by atoms with van der Waals surface area (Å²) < 4.78 is 72.4. The number of carbonyl (C=O) groups excluding carboxylic acids is 1. The summed E-state index contributed by atoms with van der Waals surface area (Å²) in [7, 11) is -3.79. The highest BCUT2D eigenvalue weighted by atomic mass is 32.2. The number of hydrogen-bond donors (Lipinski definition) is 1. The normalized spacial score (nSPS) is 14.2. The van der Waals surface area contributed by atoms with Crippen molar-refractivity contribution in [2.45, 2.75) is 29.1 Å². The quantitative estimate of drug-likeness (QED) is 0.351. The molecule has 1 saturated heterocycles. The topological polar surface area (TPSA) is 132 Å². The molecule has 0 bridgehead atoms. The molecule has 1 aliphatic heterocycles. The maximum atomic E-state index is 13.8. The van der Waals surface area contributed by atoms with Gasteiger partial charge in [0.15, 0.2) is 0 Å². The second kappa shape index (κ2) is 12.8. The summed E-state index contributed by atoms with van der Waals surface area (Å²) in [6.45, 7) is 0.210. The highest BCUT2D eigenvalue weighted by Gasteiger charge is 2.31. The van der Waals surface area contributed by atoms with E-state index in [0.29, 0.717) is 18.8 Å². The van der Waals surface area contributed by atoms with E-state index in [9.17, 15) is 21.6 Å². The number of nitrogens with one attached hydrogen (secondary N) is 1. The molecule has 220 valence electrons. The van der Waals surface area contributed by atoms with Crippen molar-refractivity contribution in [2.75, 3.05) is 50.6 Å². The summed E-state index contributed by atoms with van der Waals surface area (Å²) in [5.74, 6) is 0.207. The van der Waals surface area contributed by atoms with Gasteiger partial charge < -0.3 is 19.5 Å². The van der Waals surface area contributed by atoms with Gasteiger partial charge in [0, 0.05) is 13.1 Å². The van der Waals surface area contributed by atoms with Crippen LogP contribution in [0.5, 0.6) is 17.2 Å². The van der Waals surface area contributed by atoms with Crippen LogP contribution in [0, 0.1) is 0 Å². The molecular formula is C28H33N3O8S2. The third-order valence-corrected chi connectivity index (χ3v) is 10.4. The Kier molecular flexibility index (Phi) is 9.41. The molecule has 0 spiro atoms. The van der Waals surface area contributed by atoms with Crippen LogP contribution in [0.3, 0.4) is 0 Å². The first-order valence-electron chi connectivity index (χ1n) is 12.9. The zero-order valence-electron chi connectivity index (χ0n) is 23.1. The summed E-state index contributed by atoms with van der Waals surface area (Å²) in [6, 6.07) is 16.4. The van der Waals surface area contributed by atoms with Gasteiger partial charge in [-0.2, -0.15) is 4.31 Å². The number of piperidine rings is 1. The van der Waals surface area contributed by atoms with E-state index in [4.69, 9.17) is 14.2 Å². The van der Waals surface area contributed by atoms with Crippen molar-refractivity contribution in [3.05, 3.63) is 66.7 Å². The minimum atomic E-state index is -4.26. The number of amides is 1. The minimum absolute atomic E-state index is 0.00272. The smallest absolute Gasteiger partial charge is 0.264 e. The largest absolute Gasteiger partial charge is 0.497 e. The van der Waals surface area contributed by atoms with E-state index in [2.05, 4.69) is 5.32 Å². The van der Waals surface area contributed by atoms with Crippen LogP contribution in [0.4, 0.5) is 11.4 Å². The van der Waals surface area contributed by atoms with Crippen molar-refractivity contribution >= 4 is 37.3 Å². The third kappa shape index (κ3) is 6.58. The van der Waals surface area contributed by atoms with E-state index < -0.39 is 32.5 Å². The lowest BCUT2D eigenvalue weighted by Gasteiger charge is -2.27. The van der Waals surface area contributed by atoms with Gasteiger partial charge in [-0.05, 0) is 67.4 Å². The second-order valence-electron chi connectivity index (χ2n) is 9.23. The van der Waals surface area contributed by atoms with Crippen LogP contribution < -0.4 is 23.8 Å². The second-order valence-corrected chi connectivity index (χ2v) is 13.0. The molecular weight excluding hydrogens is 570 g/mol. The first-order chi connectivity index (χ1) is 19.6. The molecule has 0 aromatic heterocycles. The molecule has 3 aromatic carbocycles. The molecule has 3 aromatic rings. The van der Waals surface area contributed by atoms with Crippen LogP contribution in [0.1, 0.15) is 19.3 Å². The maximum Gasteiger partial charge on any atom is 0.264 e. The van der Waals surface area contributed by atoms with Crippen LogP contribution in [0.25, 0.3) is 0 Å². The van der Waals surface area contributed by atoms with Crippen molar-refractivity contribution in [3.63, 3.8) is 0 Å². The Balaban J connectivity index is 1.68. The van der Waals surface area contributed by atoms with E-state index in [-0.39, 0.29) is 32.7 Å². The third-order valence-electron chi connectivity index (χ3n) is 6.69. The lowest BCUT2D eigenvalue weighted by atomic mass is 10.2. The molecule has 0 aliphatic carbocycles. The standard InChI is InChI=1S/C28H33N3O8S2/c1-37-21-11-13-22(14-12-21)41(35,36)31(25-9-5-6-10-27(25)39-3)20-28(32)29-24-19-23(15-16-26(24)38-2)40(33,34)30-17-7-4-8-18-30/h5-6,9-16,19H,4,7-8,17-18,20H2,1-3H3,(H,29,32). The number of nitrogens with zero attached hydrogens (tertiary/aromatic N) is 2. The van der Waals surface area contributed by atoms with Gasteiger partial charge in [0.2, 0.25) is 15.9 Å². The fraction of sp³-hybridized carbons (Fsp3) is 0.321. The zero-order chi connectivity index (χ0) is 29.6. The number of rotatable bonds is 11. The molecule has 1 N–H and O–H groups in total. The molecule has 0 radical (unpaired) electrons. The average Bonchev–Trinajstić information content (AvgIpc) is 3.00. The SMILES string of the molecule is COc1ccc(S(=O)(=O)N(CC(=O)Nc2cc(S(=O)(=O)N3CCCCC3)ccc2OC)c2ccccc2OC)cc1. The number of carbonyl (C=O) groups is 1. The Labute approximate surface area is 240 Å². The van der Waals surface area contributed by atoms with Gasteiger partial charge in [0.25, 0.3) is 10.0 Å². The number of ether oxygens (including phenoxy) is 3. The lowest BCUT2D eigenvalue weighted by Crippen LogP contribution is -2.38. The van der Waals surface area contributed by atoms with Gasteiger partial charge in [0.05, 0.1) is 42.5 Å². The van der Waals surface area contributed by atoms with Crippen LogP contribution >= 0.6 is 0 Å². The van der Waals surface area contributed by atoms with E-state index in [1.165, 1.54) is 74.2 Å². The predicted octanol–water partition coefficient (Wildman–Crippen LogP) is 3.72. The molecule has 41 heavy (non-hydrogen) atoms. The van der Waals surface area contributed by atoms with Gasteiger partial charge in [-0.1, -0.05) is 18.6 Å².